The van der Waals surface area contributed by atoms with Gasteiger partial charge in [-0.15, -0.1) is 0 Å². The van der Waals surface area contributed by atoms with Gasteiger partial charge in [0.25, 0.3) is 0 Å². The predicted octanol–water partition coefficient (Wildman–Crippen LogP) is 2.93. The van der Waals surface area contributed by atoms with Crippen molar-refractivity contribution in [2.75, 3.05) is 11.5 Å². The maximum atomic E-state index is 11.8. The number of carbonyl (C=O) groups is 2. The number of hydrogen-bond acceptors (Lipinski definition) is 3. The third kappa shape index (κ3) is 5.54. The van der Waals surface area contributed by atoms with E-state index < -0.39 is 5.92 Å². The Morgan fingerprint density at radius 3 is 2.56 bits per heavy atom. The molecule has 3 nitrogen and oxygen atoms in total. The van der Waals surface area contributed by atoms with E-state index in [1.807, 2.05) is 45.9 Å². The highest BCUT2D eigenvalue weighted by Crippen LogP contribution is 2.20. The topological polar surface area (TPSA) is 46.2 Å². The number of amides is 1. The van der Waals surface area contributed by atoms with Gasteiger partial charge in [-0.05, 0) is 19.9 Å². The molecular weight excluding hydrogens is 246 g/mol. The van der Waals surface area contributed by atoms with Crippen LogP contribution in [0.5, 0.6) is 0 Å². The van der Waals surface area contributed by atoms with Crippen LogP contribution < -0.4 is 5.32 Å². The highest BCUT2D eigenvalue weighted by molar-refractivity contribution is 7.99. The minimum Gasteiger partial charge on any atom is -0.326 e. The predicted molar refractivity (Wildman–Crippen MR) is 78.5 cm³/mol. The molecule has 4 heteroatoms. The minimum atomic E-state index is -0.473. The van der Waals surface area contributed by atoms with Crippen LogP contribution in [0.4, 0.5) is 0 Å². The highest BCUT2D eigenvalue weighted by atomic mass is 32.2. The van der Waals surface area contributed by atoms with Gasteiger partial charge in [0.2, 0.25) is 5.91 Å². The van der Waals surface area contributed by atoms with Crippen molar-refractivity contribution in [3.63, 3.8) is 0 Å². The lowest BCUT2D eigenvalue weighted by molar-refractivity contribution is -0.132. The maximum absolute atomic E-state index is 11.8. The van der Waals surface area contributed by atoms with Gasteiger partial charge >= 0.3 is 0 Å². The second-order valence-corrected chi connectivity index (χ2v) is 4.73. The summed E-state index contributed by atoms with van der Waals surface area (Å²) in [7, 11) is 0. The van der Waals surface area contributed by atoms with Gasteiger partial charge in [0.05, 0.1) is 0 Å². The van der Waals surface area contributed by atoms with Crippen molar-refractivity contribution in [1.29, 1.82) is 0 Å². The SMILES string of the molecule is C/C=C\C(=C/C)NC(=O)C1CSCCC1=O.CC. The van der Waals surface area contributed by atoms with Crippen LogP contribution in [0.25, 0.3) is 0 Å². The molecule has 0 bridgehead atoms. The van der Waals surface area contributed by atoms with Crippen LogP contribution >= 0.6 is 11.8 Å². The molecule has 0 aromatic rings. The van der Waals surface area contributed by atoms with E-state index in [2.05, 4.69) is 5.32 Å². The lowest BCUT2D eigenvalue weighted by Crippen LogP contribution is -2.38. The third-order valence-corrected chi connectivity index (χ3v) is 3.47. The zero-order valence-corrected chi connectivity index (χ0v) is 12.5. The summed E-state index contributed by atoms with van der Waals surface area (Å²) in [5.41, 5.74) is 0.746. The van der Waals surface area contributed by atoms with Gasteiger partial charge < -0.3 is 5.32 Å². The van der Waals surface area contributed by atoms with Crippen molar-refractivity contribution in [2.24, 2.45) is 5.92 Å². The van der Waals surface area contributed by atoms with Crippen molar-refractivity contribution in [3.8, 4) is 0 Å². The summed E-state index contributed by atoms with van der Waals surface area (Å²) in [5, 5.41) is 2.77. The molecule has 1 heterocycles. The third-order valence-electron chi connectivity index (χ3n) is 2.41. The van der Waals surface area contributed by atoms with Crippen LogP contribution in [0.2, 0.25) is 0 Å². The summed E-state index contributed by atoms with van der Waals surface area (Å²) in [6, 6.07) is 0. The Labute approximate surface area is 114 Å². The van der Waals surface area contributed by atoms with E-state index in [0.29, 0.717) is 12.2 Å². The summed E-state index contributed by atoms with van der Waals surface area (Å²) >= 11 is 1.66. The number of Topliss-reactive ketones (excluding diaryl/α,β-unsaturated/α-hetero) is 1. The number of rotatable bonds is 3. The number of ketones is 1. The van der Waals surface area contributed by atoms with Gasteiger partial charge in [-0.25, -0.2) is 0 Å². The van der Waals surface area contributed by atoms with Crippen LogP contribution in [0, 0.1) is 5.92 Å². The first-order chi connectivity index (χ1) is 8.69. The fraction of sp³-hybridized carbons (Fsp3) is 0.571. The quantitative estimate of drug-likeness (QED) is 0.633. The van der Waals surface area contributed by atoms with Crippen molar-refractivity contribution in [2.45, 2.75) is 34.1 Å². The standard InChI is InChI=1S/C12H17NO2S.C2H6/c1-3-5-9(4-2)13-12(15)10-8-16-7-6-11(10)14;1-2/h3-5,10H,6-8H2,1-2H3,(H,13,15);1-2H3/b5-3-,9-4+;. The molecule has 0 aliphatic carbocycles. The smallest absolute Gasteiger partial charge is 0.235 e. The Hall–Kier alpha value is -1.03. The fourth-order valence-electron chi connectivity index (χ4n) is 1.48. The number of hydrogen-bond donors (Lipinski definition) is 1. The monoisotopic (exact) mass is 269 g/mol. The van der Waals surface area contributed by atoms with Crippen LogP contribution in [-0.4, -0.2) is 23.2 Å². The number of thioether (sulfide) groups is 1. The normalized spacial score (nSPS) is 20.3. The van der Waals surface area contributed by atoms with E-state index in [4.69, 9.17) is 0 Å². The second-order valence-electron chi connectivity index (χ2n) is 3.58. The van der Waals surface area contributed by atoms with Crippen LogP contribution in [0.1, 0.15) is 34.1 Å². The van der Waals surface area contributed by atoms with Crippen molar-refractivity contribution in [1.82, 2.24) is 5.32 Å². The van der Waals surface area contributed by atoms with E-state index in [9.17, 15) is 9.59 Å². The summed E-state index contributed by atoms with van der Waals surface area (Å²) in [4.78, 5) is 23.4. The first kappa shape index (κ1) is 17.0. The molecular formula is C14H23NO2S. The van der Waals surface area contributed by atoms with E-state index >= 15 is 0 Å². The van der Waals surface area contributed by atoms with E-state index in [1.54, 1.807) is 11.8 Å². The van der Waals surface area contributed by atoms with Crippen LogP contribution in [0.15, 0.2) is 23.9 Å². The molecule has 1 saturated heterocycles. The molecule has 0 spiro atoms. The Morgan fingerprint density at radius 1 is 1.39 bits per heavy atom. The molecule has 1 N–H and O–H groups in total. The molecule has 1 fully saturated rings. The van der Waals surface area contributed by atoms with Gasteiger partial charge in [0.1, 0.15) is 11.7 Å². The zero-order chi connectivity index (χ0) is 14.0. The van der Waals surface area contributed by atoms with Crippen molar-refractivity contribution >= 4 is 23.5 Å². The Balaban J connectivity index is 0.00000137. The largest absolute Gasteiger partial charge is 0.326 e. The molecule has 0 saturated carbocycles. The molecule has 1 unspecified atom stereocenters. The minimum absolute atomic E-state index is 0.0622. The molecule has 0 aromatic carbocycles. The van der Waals surface area contributed by atoms with Gasteiger partial charge in [-0.3, -0.25) is 9.59 Å². The first-order valence-electron chi connectivity index (χ1n) is 6.39. The molecule has 1 aliphatic heterocycles. The Kier molecular flexibility index (Phi) is 9.38. The zero-order valence-electron chi connectivity index (χ0n) is 11.7. The first-order valence-corrected chi connectivity index (χ1v) is 7.54. The van der Waals surface area contributed by atoms with Gasteiger partial charge in [-0.1, -0.05) is 26.0 Å². The molecule has 1 rings (SSSR count). The highest BCUT2D eigenvalue weighted by Gasteiger charge is 2.29. The molecule has 0 aromatic heterocycles. The van der Waals surface area contributed by atoms with Gasteiger partial charge in [0, 0.05) is 23.6 Å². The Bertz CT molecular complexity index is 335. The lowest BCUT2D eigenvalue weighted by atomic mass is 10.0. The molecule has 1 amide bonds. The van der Waals surface area contributed by atoms with Crippen molar-refractivity contribution in [3.05, 3.63) is 23.9 Å². The molecule has 18 heavy (non-hydrogen) atoms. The number of nitrogens with one attached hydrogen (secondary N) is 1. The van der Waals surface area contributed by atoms with E-state index in [1.165, 1.54) is 0 Å². The molecule has 0 radical (unpaired) electrons. The van der Waals surface area contributed by atoms with Gasteiger partial charge in [-0.2, -0.15) is 11.8 Å². The average molecular weight is 269 g/mol. The van der Waals surface area contributed by atoms with Crippen LogP contribution in [0.3, 0.4) is 0 Å². The van der Waals surface area contributed by atoms with Crippen molar-refractivity contribution < 1.29 is 9.59 Å². The number of allylic oxidation sites excluding steroid dienone is 3. The average Bonchev–Trinajstić information content (AvgIpc) is 2.41. The van der Waals surface area contributed by atoms with Gasteiger partial charge in [0.15, 0.2) is 0 Å². The fourth-order valence-corrected chi connectivity index (χ4v) is 2.57. The van der Waals surface area contributed by atoms with Crippen LogP contribution in [-0.2, 0) is 9.59 Å². The maximum Gasteiger partial charge on any atom is 0.235 e. The summed E-state index contributed by atoms with van der Waals surface area (Å²) < 4.78 is 0. The second kappa shape index (κ2) is 9.95. The molecule has 1 aliphatic rings. The Morgan fingerprint density at radius 2 is 2.06 bits per heavy atom. The molecule has 102 valence electrons. The van der Waals surface area contributed by atoms with E-state index in [0.717, 1.165) is 11.4 Å². The lowest BCUT2D eigenvalue weighted by Gasteiger charge is -2.19. The summed E-state index contributed by atoms with van der Waals surface area (Å²) in [6.45, 7) is 7.74. The number of carbonyl (C=O) groups excluding carboxylic acids is 2. The molecule has 1 atom stereocenters. The summed E-state index contributed by atoms with van der Waals surface area (Å²) in [5.74, 6) is 0.861. The van der Waals surface area contributed by atoms with E-state index in [-0.39, 0.29) is 11.7 Å². The summed E-state index contributed by atoms with van der Waals surface area (Å²) in [6.07, 6.45) is 6.00.